The van der Waals surface area contributed by atoms with E-state index in [9.17, 15) is 43.2 Å². The number of hydrogen-bond donors (Lipinski definition) is 9. The van der Waals surface area contributed by atoms with Gasteiger partial charge in [0.15, 0.2) is 17.5 Å². The van der Waals surface area contributed by atoms with Gasteiger partial charge in [0.25, 0.3) is 11.8 Å². The molecule has 0 saturated carbocycles. The minimum atomic E-state index is -0.625. The lowest BCUT2D eigenvalue weighted by molar-refractivity contribution is -0.124. The Kier molecular flexibility index (Phi) is 33.3. The van der Waals surface area contributed by atoms with Crippen LogP contribution in [0.15, 0.2) is 55.5 Å². The highest BCUT2D eigenvalue weighted by Gasteiger charge is 2.21. The summed E-state index contributed by atoms with van der Waals surface area (Å²) in [5.41, 5.74) is 0.775. The van der Waals surface area contributed by atoms with Crippen LogP contribution in [0.5, 0.6) is 0 Å². The Morgan fingerprint density at radius 1 is 0.430 bits per heavy atom. The molecule has 9 amide bonds. The smallest absolute Gasteiger partial charge is 0.407 e. The molecule has 0 aromatic carbocycles. The fourth-order valence-corrected chi connectivity index (χ4v) is 8.70. The third-order valence-electron chi connectivity index (χ3n) is 13.6. The van der Waals surface area contributed by atoms with Gasteiger partial charge in [0.05, 0.1) is 136 Å². The van der Waals surface area contributed by atoms with Gasteiger partial charge in [-0.05, 0) is 20.8 Å². The van der Waals surface area contributed by atoms with Gasteiger partial charge >= 0.3 is 6.09 Å². The lowest BCUT2D eigenvalue weighted by Gasteiger charge is -2.19. The zero-order chi connectivity index (χ0) is 72.2. The molecule has 38 nitrogen and oxygen atoms in total. The van der Waals surface area contributed by atoms with Crippen molar-refractivity contribution in [2.75, 3.05) is 149 Å². The summed E-state index contributed by atoms with van der Waals surface area (Å²) in [5, 5.41) is 32.0. The molecule has 0 bridgehead atoms. The molecule has 9 N–H and O–H groups in total. The standard InChI is InChI=1S/C62H92N20O18/c1-62(2,3)100-61(91)65-37-45-40-82(76-75-45)18-20-93-22-24-95-26-28-97-30-32-99-34-33-98-31-29-96-27-25-94-23-21-92-19-16-63-50(83)9-10-55(88)74-60-71-47(42-81(60)8)69-52(85)12-14-54(87)73-49-36-44(39-79(49)6)67-59(90)57-70-46(41-80(57)7)68-51(84)11-13-53(86)72-48-35-43(38-78(48)5)66-58(89)56-64-15-17-77(56)4/h15,17,35-36,38-42H,9-14,16,18-34,37H2,1-8H3,(H,63,83)(H,65,91)(H,66,89)(H,67,90)(H,68,84)(H,69,85)(H,72,86)(H,73,87)(H,71,74,88). The number of imidazole rings is 3. The van der Waals surface area contributed by atoms with E-state index in [0.29, 0.717) is 134 Å². The molecule has 6 aromatic heterocycles. The molecule has 6 rings (SSSR count). The largest absolute Gasteiger partial charge is 0.444 e. The Labute approximate surface area is 576 Å². The minimum Gasteiger partial charge on any atom is -0.444 e. The van der Waals surface area contributed by atoms with E-state index in [4.69, 9.17) is 42.6 Å². The number of aryl methyl sites for hydroxylation is 5. The van der Waals surface area contributed by atoms with Crippen LogP contribution < -0.4 is 47.9 Å². The molecule has 6 heterocycles. The van der Waals surface area contributed by atoms with Gasteiger partial charge in [-0.3, -0.25) is 43.7 Å². The predicted molar refractivity (Wildman–Crippen MR) is 360 cm³/mol. The molecule has 548 valence electrons. The topological polar surface area (TPSA) is 439 Å². The first kappa shape index (κ1) is 79.0. The van der Waals surface area contributed by atoms with E-state index in [1.54, 1.807) is 105 Å². The van der Waals surface area contributed by atoms with Crippen molar-refractivity contribution in [3.05, 3.63) is 72.9 Å². The average Bonchev–Trinajstić information content (AvgIpc) is 1.70. The van der Waals surface area contributed by atoms with E-state index in [-0.39, 0.29) is 93.4 Å². The van der Waals surface area contributed by atoms with Gasteiger partial charge in [0.2, 0.25) is 47.2 Å². The van der Waals surface area contributed by atoms with Crippen molar-refractivity contribution in [2.45, 2.75) is 78.0 Å². The van der Waals surface area contributed by atoms with Crippen molar-refractivity contribution in [1.29, 1.82) is 0 Å². The maximum atomic E-state index is 13.3. The summed E-state index contributed by atoms with van der Waals surface area (Å²) < 4.78 is 58.6. The van der Waals surface area contributed by atoms with Gasteiger partial charge in [-0.1, -0.05) is 5.21 Å². The molecule has 0 saturated heterocycles. The fraction of sp³-hybridized carbons (Fsp3) is 0.548. The van der Waals surface area contributed by atoms with Crippen LogP contribution in [0.25, 0.3) is 0 Å². The zero-order valence-electron chi connectivity index (χ0n) is 57.6. The summed E-state index contributed by atoms with van der Waals surface area (Å²) in [5.74, 6) is -2.70. The minimum absolute atomic E-state index is 0.0503. The van der Waals surface area contributed by atoms with Crippen molar-refractivity contribution in [3.63, 3.8) is 0 Å². The molecule has 0 radical (unpaired) electrons. The van der Waals surface area contributed by atoms with Gasteiger partial charge in [0, 0.05) is 130 Å². The number of carbonyl (C=O) groups is 9. The number of hydrogen-bond acceptors (Lipinski definition) is 23. The molecule has 6 aromatic rings. The number of anilines is 7. The van der Waals surface area contributed by atoms with E-state index in [0.717, 1.165) is 0 Å². The SMILES string of the molecule is Cn1cc(NC(=O)c2nc(NC(=O)CCC(=O)Nc3cc(NC(=O)c4nccn4C)cn3C)cn2C)cc1NC(=O)CCC(=O)Nc1cn(C)c(NC(=O)CCC(=O)NCCOCCOCCOCCOCCOCCOCCOCCOCCn2cc(CNC(=O)OC(C)(C)C)nn2)n1. The van der Waals surface area contributed by atoms with E-state index in [1.165, 1.54) is 33.8 Å². The number of nitrogens with one attached hydrogen (secondary N) is 9. The third kappa shape index (κ3) is 30.4. The lowest BCUT2D eigenvalue weighted by atomic mass is 10.2. The summed E-state index contributed by atoms with van der Waals surface area (Å²) in [6.07, 6.45) is 9.41. The third-order valence-corrected chi connectivity index (χ3v) is 13.6. The highest BCUT2D eigenvalue weighted by molar-refractivity contribution is 6.04. The summed E-state index contributed by atoms with van der Waals surface area (Å²) in [6, 6.07) is 3.08. The highest BCUT2D eigenvalue weighted by atomic mass is 16.6. The van der Waals surface area contributed by atoms with Crippen molar-refractivity contribution >= 4 is 93.9 Å². The maximum absolute atomic E-state index is 13.3. The van der Waals surface area contributed by atoms with Gasteiger partial charge in [-0.15, -0.1) is 5.10 Å². The Morgan fingerprint density at radius 2 is 0.860 bits per heavy atom. The van der Waals surface area contributed by atoms with E-state index in [2.05, 4.69) is 73.1 Å². The number of ether oxygens (including phenoxy) is 9. The summed E-state index contributed by atoms with van der Waals surface area (Å²) in [6.45, 7) is 12.6. The van der Waals surface area contributed by atoms with Crippen LogP contribution in [0.4, 0.5) is 45.4 Å². The van der Waals surface area contributed by atoms with E-state index >= 15 is 0 Å². The van der Waals surface area contributed by atoms with Gasteiger partial charge in [-0.25, -0.2) is 19.4 Å². The molecular formula is C62H92N20O18. The summed E-state index contributed by atoms with van der Waals surface area (Å²) in [4.78, 5) is 126. The van der Waals surface area contributed by atoms with Crippen LogP contribution in [0.1, 0.15) is 86.2 Å². The Hall–Kier alpha value is -9.96. The monoisotopic (exact) mass is 1400 g/mol. The molecule has 0 aliphatic carbocycles. The van der Waals surface area contributed by atoms with E-state index in [1.807, 2.05) is 0 Å². The maximum Gasteiger partial charge on any atom is 0.407 e. The molecule has 0 spiro atoms. The Balaban J connectivity index is 0.696. The van der Waals surface area contributed by atoms with Crippen LogP contribution in [0, 0.1) is 0 Å². The first-order valence-electron chi connectivity index (χ1n) is 32.2. The van der Waals surface area contributed by atoms with Crippen LogP contribution in [0.2, 0.25) is 0 Å². The second kappa shape index (κ2) is 42.1. The molecule has 0 unspecified atom stereocenters. The van der Waals surface area contributed by atoms with Crippen molar-refractivity contribution in [3.8, 4) is 0 Å². The predicted octanol–water partition coefficient (Wildman–Crippen LogP) is 2.07. The molecule has 38 heteroatoms. The first-order valence-corrected chi connectivity index (χ1v) is 32.2. The molecule has 0 atom stereocenters. The average molecular weight is 1410 g/mol. The zero-order valence-corrected chi connectivity index (χ0v) is 57.6. The van der Waals surface area contributed by atoms with E-state index < -0.39 is 53.0 Å². The fourth-order valence-electron chi connectivity index (χ4n) is 8.70. The van der Waals surface area contributed by atoms with Crippen molar-refractivity contribution in [2.24, 2.45) is 35.2 Å². The first-order chi connectivity index (χ1) is 48.0. The van der Waals surface area contributed by atoms with Gasteiger partial charge in [0.1, 0.15) is 22.9 Å². The van der Waals surface area contributed by atoms with Crippen LogP contribution in [0.3, 0.4) is 0 Å². The van der Waals surface area contributed by atoms with Crippen molar-refractivity contribution in [1.82, 2.24) is 63.4 Å². The molecule has 0 aliphatic heterocycles. The molecular weight excluding hydrogens is 1310 g/mol. The highest BCUT2D eigenvalue weighted by Crippen LogP contribution is 2.22. The van der Waals surface area contributed by atoms with Crippen LogP contribution in [-0.4, -0.2) is 224 Å². The number of rotatable bonds is 47. The number of aromatic nitrogens is 11. The summed E-state index contributed by atoms with van der Waals surface area (Å²) in [7, 11) is 8.17. The normalized spacial score (nSPS) is 11.3. The molecule has 0 aliphatic rings. The summed E-state index contributed by atoms with van der Waals surface area (Å²) >= 11 is 0. The number of nitrogens with zero attached hydrogens (tertiary/aromatic N) is 11. The van der Waals surface area contributed by atoms with Gasteiger partial charge in [-0.2, -0.15) is 4.98 Å². The van der Waals surface area contributed by atoms with Crippen LogP contribution >= 0.6 is 0 Å². The Morgan fingerprint density at radius 3 is 1.34 bits per heavy atom. The number of amides is 9. The number of alkyl carbamates (subject to hydrolysis) is 1. The molecule has 0 fully saturated rings. The quantitative estimate of drug-likeness (QED) is 0.0247. The number of carbonyl (C=O) groups excluding carboxylic acids is 9. The van der Waals surface area contributed by atoms with Crippen molar-refractivity contribution < 1.29 is 85.8 Å². The van der Waals surface area contributed by atoms with Crippen LogP contribution in [-0.2, 0) is 120 Å². The second-order valence-corrected chi connectivity index (χ2v) is 23.2. The Bertz CT molecular complexity index is 3600. The van der Waals surface area contributed by atoms with Gasteiger partial charge < -0.3 is 108 Å². The second-order valence-electron chi connectivity index (χ2n) is 23.2. The lowest BCUT2D eigenvalue weighted by Crippen LogP contribution is -2.32. The molecule has 100 heavy (non-hydrogen) atoms.